The fourth-order valence-corrected chi connectivity index (χ4v) is 3.15. The third kappa shape index (κ3) is 3.25. The van der Waals surface area contributed by atoms with E-state index in [0.717, 1.165) is 6.42 Å². The number of fused-ring (bicyclic) bond motifs is 1. The molecule has 0 N–H and O–H groups in total. The van der Waals surface area contributed by atoms with Crippen molar-refractivity contribution in [3.05, 3.63) is 0 Å². The minimum absolute atomic E-state index is 0.128. The lowest BCUT2D eigenvalue weighted by Gasteiger charge is -2.23. The van der Waals surface area contributed by atoms with Gasteiger partial charge < -0.3 is 9.64 Å². The molecule has 6 nitrogen and oxygen atoms in total. The van der Waals surface area contributed by atoms with E-state index < -0.39 is 5.60 Å². The van der Waals surface area contributed by atoms with Crippen molar-refractivity contribution < 1.29 is 19.1 Å². The Bertz CT molecular complexity index is 493. The van der Waals surface area contributed by atoms with Gasteiger partial charge in [-0.05, 0) is 39.0 Å². The Morgan fingerprint density at radius 2 is 1.95 bits per heavy atom. The first-order chi connectivity index (χ1) is 10.0. The molecule has 0 bridgehead atoms. The number of hydrogen-bond acceptors (Lipinski definition) is 4. The molecule has 2 heterocycles. The van der Waals surface area contributed by atoms with E-state index in [1.807, 2.05) is 34.6 Å². The van der Waals surface area contributed by atoms with Crippen LogP contribution >= 0.6 is 0 Å². The highest BCUT2D eigenvalue weighted by atomic mass is 16.6. The highest BCUT2D eigenvalue weighted by Crippen LogP contribution is 2.41. The van der Waals surface area contributed by atoms with Gasteiger partial charge in [0.2, 0.25) is 0 Å². The summed E-state index contributed by atoms with van der Waals surface area (Å²) in [5.41, 5.74) is -0.685. The first-order valence-electron chi connectivity index (χ1n) is 7.87. The molecule has 0 saturated carbocycles. The van der Waals surface area contributed by atoms with Gasteiger partial charge in [0, 0.05) is 19.5 Å². The Morgan fingerprint density at radius 1 is 1.32 bits per heavy atom. The largest absolute Gasteiger partial charge is 0.460 e. The molecule has 0 aromatic carbocycles. The first kappa shape index (κ1) is 16.8. The summed E-state index contributed by atoms with van der Waals surface area (Å²) in [6, 6.07) is -0.564. The maximum atomic E-state index is 12.5. The lowest BCUT2D eigenvalue weighted by atomic mass is 9.84. The molecule has 1 unspecified atom stereocenters. The molecule has 6 heteroatoms. The van der Waals surface area contributed by atoms with Crippen LogP contribution in [0.5, 0.6) is 0 Å². The molecular weight excluding hydrogens is 284 g/mol. The van der Waals surface area contributed by atoms with Gasteiger partial charge in [-0.2, -0.15) is 0 Å². The summed E-state index contributed by atoms with van der Waals surface area (Å²) < 4.78 is 5.23. The Kier molecular flexibility index (Phi) is 4.24. The van der Waals surface area contributed by atoms with Crippen LogP contribution in [-0.2, 0) is 14.3 Å². The monoisotopic (exact) mass is 310 g/mol. The number of carbonyl (C=O) groups is 3. The summed E-state index contributed by atoms with van der Waals surface area (Å²) in [6.45, 7) is 10.4. The highest BCUT2D eigenvalue weighted by molar-refractivity contribution is 6.05. The second-order valence-electron chi connectivity index (χ2n) is 7.80. The van der Waals surface area contributed by atoms with Gasteiger partial charge in [0.05, 0.1) is 0 Å². The maximum Gasteiger partial charge on any atom is 0.327 e. The molecule has 124 valence electrons. The molecule has 22 heavy (non-hydrogen) atoms. The van der Waals surface area contributed by atoms with E-state index in [1.165, 1.54) is 4.90 Å². The summed E-state index contributed by atoms with van der Waals surface area (Å²) in [4.78, 5) is 39.4. The van der Waals surface area contributed by atoms with Crippen molar-refractivity contribution in [3.8, 4) is 0 Å². The summed E-state index contributed by atoms with van der Waals surface area (Å²) in [6.07, 6.45) is 1.50. The second kappa shape index (κ2) is 5.56. The van der Waals surface area contributed by atoms with E-state index in [0.29, 0.717) is 13.0 Å². The Balaban J connectivity index is 1.88. The minimum atomic E-state index is -0.511. The minimum Gasteiger partial charge on any atom is -0.460 e. The van der Waals surface area contributed by atoms with Gasteiger partial charge in [0.15, 0.2) is 0 Å². The number of rotatable bonds is 4. The number of urea groups is 1. The van der Waals surface area contributed by atoms with Crippen LogP contribution in [0.25, 0.3) is 0 Å². The molecule has 2 aliphatic rings. The van der Waals surface area contributed by atoms with Gasteiger partial charge in [-0.25, -0.2) is 4.79 Å². The number of nitrogens with zero attached hydrogens (tertiary/aromatic N) is 2. The Hall–Kier alpha value is -1.59. The summed E-state index contributed by atoms with van der Waals surface area (Å²) in [7, 11) is 0. The van der Waals surface area contributed by atoms with Gasteiger partial charge >= 0.3 is 12.0 Å². The van der Waals surface area contributed by atoms with Crippen molar-refractivity contribution in [3.63, 3.8) is 0 Å². The van der Waals surface area contributed by atoms with Gasteiger partial charge in [-0.1, -0.05) is 13.8 Å². The predicted octanol–water partition coefficient (Wildman–Crippen LogP) is 2.17. The van der Waals surface area contributed by atoms with Gasteiger partial charge in [0.25, 0.3) is 5.91 Å². The highest BCUT2D eigenvalue weighted by Gasteiger charge is 2.55. The lowest BCUT2D eigenvalue weighted by Crippen LogP contribution is -2.38. The Morgan fingerprint density at radius 3 is 2.50 bits per heavy atom. The van der Waals surface area contributed by atoms with Crippen molar-refractivity contribution in [2.45, 2.75) is 65.5 Å². The molecule has 2 rings (SSSR count). The molecule has 0 aromatic heterocycles. The zero-order valence-electron chi connectivity index (χ0n) is 14.1. The standard InChI is InChI=1S/C16H26N2O4/c1-15(2,3)22-11(19)7-6-9-18-13(20)12-16(4,5)8-10-17(12)14(18)21/h12H,6-10H2,1-5H3. The molecule has 0 spiro atoms. The normalized spacial score (nSPS) is 24.0. The lowest BCUT2D eigenvalue weighted by molar-refractivity contribution is -0.155. The van der Waals surface area contributed by atoms with Crippen LogP contribution in [-0.4, -0.2) is 52.4 Å². The topological polar surface area (TPSA) is 66.9 Å². The number of hydrogen-bond donors (Lipinski definition) is 0. The van der Waals surface area contributed by atoms with E-state index in [-0.39, 0.29) is 42.3 Å². The van der Waals surface area contributed by atoms with E-state index in [4.69, 9.17) is 4.74 Å². The van der Waals surface area contributed by atoms with Crippen molar-refractivity contribution >= 4 is 17.9 Å². The van der Waals surface area contributed by atoms with Crippen LogP contribution in [0.4, 0.5) is 4.79 Å². The summed E-state index contributed by atoms with van der Waals surface area (Å²) >= 11 is 0. The first-order valence-corrected chi connectivity index (χ1v) is 7.87. The quantitative estimate of drug-likeness (QED) is 0.589. The average molecular weight is 310 g/mol. The summed E-state index contributed by atoms with van der Waals surface area (Å²) in [5, 5.41) is 0. The molecular formula is C16H26N2O4. The third-order valence-electron chi connectivity index (χ3n) is 4.21. The van der Waals surface area contributed by atoms with Crippen LogP contribution in [0.2, 0.25) is 0 Å². The molecule has 0 aliphatic carbocycles. The van der Waals surface area contributed by atoms with Gasteiger partial charge in [-0.3, -0.25) is 14.5 Å². The molecule has 1 atom stereocenters. The van der Waals surface area contributed by atoms with E-state index in [2.05, 4.69) is 0 Å². The summed E-state index contributed by atoms with van der Waals surface area (Å²) in [5.74, 6) is -0.427. The van der Waals surface area contributed by atoms with Gasteiger partial charge in [-0.15, -0.1) is 0 Å². The van der Waals surface area contributed by atoms with Crippen molar-refractivity contribution in [2.24, 2.45) is 5.41 Å². The SMILES string of the molecule is CC(C)(C)OC(=O)CCCN1C(=O)C2N(CCC2(C)C)C1=O. The van der Waals surface area contributed by atoms with E-state index in [9.17, 15) is 14.4 Å². The van der Waals surface area contributed by atoms with Gasteiger partial charge in [0.1, 0.15) is 11.6 Å². The number of esters is 1. The van der Waals surface area contributed by atoms with Crippen molar-refractivity contribution in [1.82, 2.24) is 9.80 Å². The smallest absolute Gasteiger partial charge is 0.327 e. The average Bonchev–Trinajstić information content (AvgIpc) is 2.78. The molecule has 0 aromatic rings. The van der Waals surface area contributed by atoms with Crippen LogP contribution in [0.15, 0.2) is 0 Å². The number of ether oxygens (including phenoxy) is 1. The maximum absolute atomic E-state index is 12.5. The van der Waals surface area contributed by atoms with Crippen molar-refractivity contribution in [2.75, 3.05) is 13.1 Å². The van der Waals surface area contributed by atoms with Crippen LogP contribution in [0, 0.1) is 5.41 Å². The molecule has 2 aliphatic heterocycles. The second-order valence-corrected chi connectivity index (χ2v) is 7.80. The molecule has 0 radical (unpaired) electrons. The van der Waals surface area contributed by atoms with E-state index in [1.54, 1.807) is 4.90 Å². The zero-order chi connectivity index (χ0) is 16.7. The fraction of sp³-hybridized carbons (Fsp3) is 0.812. The Labute approximate surface area is 131 Å². The van der Waals surface area contributed by atoms with E-state index >= 15 is 0 Å². The van der Waals surface area contributed by atoms with Crippen molar-refractivity contribution in [1.29, 1.82) is 0 Å². The van der Waals surface area contributed by atoms with Crippen LogP contribution < -0.4 is 0 Å². The molecule has 2 fully saturated rings. The van der Waals surface area contributed by atoms with Crippen LogP contribution in [0.3, 0.4) is 0 Å². The third-order valence-corrected chi connectivity index (χ3v) is 4.21. The van der Waals surface area contributed by atoms with Crippen LogP contribution in [0.1, 0.15) is 53.9 Å². The number of carbonyl (C=O) groups excluding carboxylic acids is 3. The zero-order valence-corrected chi connectivity index (χ0v) is 14.1. The number of amides is 3. The number of imide groups is 1. The fourth-order valence-electron chi connectivity index (χ4n) is 3.15. The predicted molar refractivity (Wildman–Crippen MR) is 81.1 cm³/mol. The molecule has 2 saturated heterocycles. The molecule has 3 amide bonds.